The van der Waals surface area contributed by atoms with E-state index in [0.29, 0.717) is 13.3 Å². The second-order valence-corrected chi connectivity index (χ2v) is 4.84. The molecule has 2 heterocycles. The number of rotatable bonds is 6. The molecule has 0 aromatic carbocycles. The summed E-state index contributed by atoms with van der Waals surface area (Å²) in [7, 11) is 0. The Kier molecular flexibility index (Phi) is 3.89. The number of nitrogens with zero attached hydrogens (tertiary/aromatic N) is 2. The lowest BCUT2D eigenvalue weighted by molar-refractivity contribution is -0.316. The minimum Gasteiger partial charge on any atom is -0.369 e. The maximum Gasteiger partial charge on any atom is 0.174 e. The van der Waals surface area contributed by atoms with Gasteiger partial charge in [-0.1, -0.05) is 0 Å². The third-order valence-electron chi connectivity index (χ3n) is 3.07. The molecule has 18 heavy (non-hydrogen) atoms. The average Bonchev–Trinajstić information content (AvgIpc) is 2.81. The summed E-state index contributed by atoms with van der Waals surface area (Å²) in [6.07, 6.45) is 0. The quantitative estimate of drug-likeness (QED) is 0.458. The summed E-state index contributed by atoms with van der Waals surface area (Å²) >= 11 is 0. The van der Waals surface area contributed by atoms with Crippen molar-refractivity contribution < 1.29 is 9.78 Å². The Morgan fingerprint density at radius 2 is 2.17 bits per heavy atom. The van der Waals surface area contributed by atoms with Gasteiger partial charge < -0.3 is 10.6 Å². The normalized spacial score (nSPS) is 16.9. The zero-order valence-electron chi connectivity index (χ0n) is 11.5. The molecule has 0 bridgehead atoms. The van der Waals surface area contributed by atoms with Gasteiger partial charge in [0.15, 0.2) is 12.5 Å². The SMILES string of the molecule is CCNc1nn(COOCC)c2c1CNC2(C)C. The van der Waals surface area contributed by atoms with Crippen molar-refractivity contribution in [1.82, 2.24) is 15.1 Å². The molecule has 0 amide bonds. The van der Waals surface area contributed by atoms with Crippen LogP contribution in [-0.4, -0.2) is 22.9 Å². The number of hydrogen-bond acceptors (Lipinski definition) is 5. The largest absolute Gasteiger partial charge is 0.369 e. The van der Waals surface area contributed by atoms with Crippen LogP contribution in [0.1, 0.15) is 39.0 Å². The summed E-state index contributed by atoms with van der Waals surface area (Å²) in [5, 5.41) is 11.3. The Morgan fingerprint density at radius 1 is 1.39 bits per heavy atom. The highest BCUT2D eigenvalue weighted by molar-refractivity contribution is 5.51. The van der Waals surface area contributed by atoms with E-state index in [9.17, 15) is 0 Å². The number of aromatic nitrogens is 2. The van der Waals surface area contributed by atoms with E-state index in [1.165, 1.54) is 5.56 Å². The van der Waals surface area contributed by atoms with Crippen molar-refractivity contribution >= 4 is 5.82 Å². The number of fused-ring (bicyclic) bond motifs is 1. The molecule has 2 N–H and O–H groups in total. The van der Waals surface area contributed by atoms with E-state index >= 15 is 0 Å². The molecule has 0 aliphatic carbocycles. The van der Waals surface area contributed by atoms with Gasteiger partial charge in [-0.3, -0.25) is 0 Å². The molecular weight excluding hydrogens is 232 g/mol. The van der Waals surface area contributed by atoms with Gasteiger partial charge in [0, 0.05) is 18.7 Å². The van der Waals surface area contributed by atoms with Crippen molar-refractivity contribution in [3.8, 4) is 0 Å². The molecule has 6 nitrogen and oxygen atoms in total. The topological polar surface area (TPSA) is 60.3 Å². The van der Waals surface area contributed by atoms with Gasteiger partial charge >= 0.3 is 0 Å². The predicted octanol–water partition coefficient (Wildman–Crippen LogP) is 1.58. The van der Waals surface area contributed by atoms with Gasteiger partial charge in [0.1, 0.15) is 0 Å². The van der Waals surface area contributed by atoms with Gasteiger partial charge in [-0.25, -0.2) is 14.5 Å². The molecule has 1 aromatic rings. The summed E-state index contributed by atoms with van der Waals surface area (Å²) in [5.74, 6) is 0.936. The molecule has 2 rings (SSSR count). The van der Waals surface area contributed by atoms with E-state index in [0.717, 1.165) is 24.6 Å². The Hall–Kier alpha value is -1.11. The molecule has 102 valence electrons. The van der Waals surface area contributed by atoms with E-state index < -0.39 is 0 Å². The van der Waals surface area contributed by atoms with Gasteiger partial charge in [0.2, 0.25) is 0 Å². The summed E-state index contributed by atoms with van der Waals surface area (Å²) in [6, 6.07) is 0. The van der Waals surface area contributed by atoms with Crippen LogP contribution in [0.5, 0.6) is 0 Å². The molecule has 1 aliphatic rings. The smallest absolute Gasteiger partial charge is 0.174 e. The van der Waals surface area contributed by atoms with Crippen molar-refractivity contribution in [2.75, 3.05) is 18.5 Å². The monoisotopic (exact) mass is 254 g/mol. The first-order valence-electron chi connectivity index (χ1n) is 6.43. The van der Waals surface area contributed by atoms with Crippen LogP contribution in [0.15, 0.2) is 0 Å². The van der Waals surface area contributed by atoms with Gasteiger partial charge in [-0.15, -0.1) is 0 Å². The van der Waals surface area contributed by atoms with Crippen LogP contribution in [0.25, 0.3) is 0 Å². The standard InChI is InChI=1S/C12H22N4O2/c1-5-13-11-9-7-14-12(3,4)10(9)16(15-11)8-18-17-6-2/h14H,5-8H2,1-4H3,(H,13,15). The van der Waals surface area contributed by atoms with Crippen LogP contribution < -0.4 is 10.6 Å². The first-order valence-corrected chi connectivity index (χ1v) is 6.43. The fourth-order valence-corrected chi connectivity index (χ4v) is 2.33. The Labute approximate surface area is 108 Å². The number of anilines is 1. The van der Waals surface area contributed by atoms with Crippen LogP contribution in [-0.2, 0) is 28.6 Å². The van der Waals surface area contributed by atoms with Crippen molar-refractivity contribution in [3.05, 3.63) is 11.3 Å². The van der Waals surface area contributed by atoms with Crippen LogP contribution >= 0.6 is 0 Å². The van der Waals surface area contributed by atoms with Gasteiger partial charge in [-0.05, 0) is 27.7 Å². The first-order chi connectivity index (χ1) is 8.60. The minimum absolute atomic E-state index is 0.0917. The molecule has 0 radical (unpaired) electrons. The lowest BCUT2D eigenvalue weighted by atomic mass is 10.0. The van der Waals surface area contributed by atoms with Gasteiger partial charge in [0.05, 0.1) is 17.8 Å². The summed E-state index contributed by atoms with van der Waals surface area (Å²) in [4.78, 5) is 10.1. The number of hydrogen-bond donors (Lipinski definition) is 2. The highest BCUT2D eigenvalue weighted by Crippen LogP contribution is 2.34. The molecule has 0 spiro atoms. The van der Waals surface area contributed by atoms with Crippen LogP contribution in [0, 0.1) is 0 Å². The number of nitrogens with one attached hydrogen (secondary N) is 2. The Morgan fingerprint density at radius 3 is 2.83 bits per heavy atom. The van der Waals surface area contributed by atoms with Crippen LogP contribution in [0.4, 0.5) is 5.82 Å². The molecule has 0 saturated heterocycles. The van der Waals surface area contributed by atoms with Crippen molar-refractivity contribution in [1.29, 1.82) is 0 Å². The molecule has 1 aromatic heterocycles. The van der Waals surface area contributed by atoms with Crippen molar-refractivity contribution in [2.45, 2.75) is 46.5 Å². The summed E-state index contributed by atoms with van der Waals surface area (Å²) < 4.78 is 1.86. The lowest BCUT2D eigenvalue weighted by Crippen LogP contribution is -2.32. The second-order valence-electron chi connectivity index (χ2n) is 4.84. The molecule has 0 unspecified atom stereocenters. The zero-order valence-corrected chi connectivity index (χ0v) is 11.5. The predicted molar refractivity (Wildman–Crippen MR) is 69.0 cm³/mol. The Balaban J connectivity index is 2.26. The van der Waals surface area contributed by atoms with E-state index in [-0.39, 0.29) is 5.54 Å². The molecule has 0 atom stereocenters. The minimum atomic E-state index is -0.0917. The third-order valence-corrected chi connectivity index (χ3v) is 3.07. The first kappa shape index (κ1) is 13.3. The third kappa shape index (κ3) is 2.36. The highest BCUT2D eigenvalue weighted by atomic mass is 17.2. The van der Waals surface area contributed by atoms with Gasteiger partial charge in [0.25, 0.3) is 0 Å². The fraction of sp³-hybridized carbons (Fsp3) is 0.750. The van der Waals surface area contributed by atoms with Crippen LogP contribution in [0.2, 0.25) is 0 Å². The van der Waals surface area contributed by atoms with E-state index in [4.69, 9.17) is 9.78 Å². The molecule has 0 saturated carbocycles. The maximum atomic E-state index is 5.12. The van der Waals surface area contributed by atoms with Crippen molar-refractivity contribution in [2.24, 2.45) is 0 Å². The Bertz CT molecular complexity index is 414. The summed E-state index contributed by atoms with van der Waals surface area (Å²) in [5.41, 5.74) is 2.30. The van der Waals surface area contributed by atoms with E-state index in [1.807, 2.05) is 11.6 Å². The average molecular weight is 254 g/mol. The second kappa shape index (κ2) is 5.26. The maximum absolute atomic E-state index is 5.12. The summed E-state index contributed by atoms with van der Waals surface area (Å²) in [6.45, 7) is 10.8. The van der Waals surface area contributed by atoms with E-state index in [1.54, 1.807) is 0 Å². The molecular formula is C12H22N4O2. The molecule has 0 fully saturated rings. The lowest BCUT2D eigenvalue weighted by Gasteiger charge is -2.20. The highest BCUT2D eigenvalue weighted by Gasteiger charge is 2.36. The molecule has 1 aliphatic heterocycles. The molecule has 6 heteroatoms. The zero-order chi connectivity index (χ0) is 13.2. The van der Waals surface area contributed by atoms with Crippen LogP contribution in [0.3, 0.4) is 0 Å². The van der Waals surface area contributed by atoms with E-state index in [2.05, 4.69) is 36.5 Å². The fourth-order valence-electron chi connectivity index (χ4n) is 2.33. The van der Waals surface area contributed by atoms with Gasteiger partial charge in [-0.2, -0.15) is 5.10 Å². The van der Waals surface area contributed by atoms with Crippen molar-refractivity contribution in [3.63, 3.8) is 0 Å².